The van der Waals surface area contributed by atoms with Gasteiger partial charge < -0.3 is 15.0 Å². The zero-order chi connectivity index (χ0) is 17.6. The Hall–Kier alpha value is -2.82. The summed E-state index contributed by atoms with van der Waals surface area (Å²) in [5.41, 5.74) is 2.51. The van der Waals surface area contributed by atoms with Gasteiger partial charge in [0.15, 0.2) is 0 Å². The van der Waals surface area contributed by atoms with Gasteiger partial charge in [0.25, 0.3) is 5.91 Å². The van der Waals surface area contributed by atoms with Crippen LogP contribution in [-0.2, 0) is 11.2 Å². The number of nitrogens with one attached hydrogen (secondary N) is 1. The standard InChI is InChI=1S/C20H22N2O3/c1-25-18-9-7-15(8-10-18)11-12-21-20(24)16-4-2-5-17(14-16)22-13-3-6-19(22)23/h2,4-5,7-10,14H,3,6,11-13H2,1H3,(H,21,24). The summed E-state index contributed by atoms with van der Waals surface area (Å²) >= 11 is 0. The monoisotopic (exact) mass is 338 g/mol. The van der Waals surface area contributed by atoms with E-state index in [1.807, 2.05) is 36.4 Å². The van der Waals surface area contributed by atoms with E-state index < -0.39 is 0 Å². The van der Waals surface area contributed by atoms with Gasteiger partial charge in [0, 0.05) is 30.8 Å². The molecule has 0 saturated carbocycles. The van der Waals surface area contributed by atoms with Crippen molar-refractivity contribution in [3.8, 4) is 5.75 Å². The number of nitrogens with zero attached hydrogens (tertiary/aromatic N) is 1. The Kier molecular flexibility index (Phi) is 5.33. The number of carbonyl (C=O) groups is 2. The molecule has 1 saturated heterocycles. The van der Waals surface area contributed by atoms with E-state index in [-0.39, 0.29) is 11.8 Å². The average Bonchev–Trinajstić information content (AvgIpc) is 3.08. The summed E-state index contributed by atoms with van der Waals surface area (Å²) in [5, 5.41) is 2.93. The van der Waals surface area contributed by atoms with Crippen molar-refractivity contribution in [3.05, 3.63) is 59.7 Å². The molecule has 25 heavy (non-hydrogen) atoms. The first-order chi connectivity index (χ1) is 12.2. The summed E-state index contributed by atoms with van der Waals surface area (Å²) in [6, 6.07) is 15.0. The van der Waals surface area contributed by atoms with Crippen LogP contribution >= 0.6 is 0 Å². The van der Waals surface area contributed by atoms with Crippen LogP contribution in [0.3, 0.4) is 0 Å². The molecule has 0 spiro atoms. The molecule has 1 aliphatic heterocycles. The van der Waals surface area contributed by atoms with Gasteiger partial charge in [0.2, 0.25) is 5.91 Å². The smallest absolute Gasteiger partial charge is 0.251 e. The number of anilines is 1. The number of benzene rings is 2. The molecule has 130 valence electrons. The molecule has 1 aliphatic rings. The van der Waals surface area contributed by atoms with Gasteiger partial charge in [-0.2, -0.15) is 0 Å². The first kappa shape index (κ1) is 17.0. The quantitative estimate of drug-likeness (QED) is 0.881. The molecule has 2 aromatic carbocycles. The molecule has 2 aromatic rings. The number of hydrogen-bond donors (Lipinski definition) is 1. The van der Waals surface area contributed by atoms with Crippen molar-refractivity contribution < 1.29 is 14.3 Å². The number of hydrogen-bond acceptors (Lipinski definition) is 3. The highest BCUT2D eigenvalue weighted by Crippen LogP contribution is 2.22. The average molecular weight is 338 g/mol. The highest BCUT2D eigenvalue weighted by Gasteiger charge is 2.22. The Morgan fingerprint density at radius 2 is 2.00 bits per heavy atom. The molecule has 0 unspecified atom stereocenters. The lowest BCUT2D eigenvalue weighted by atomic mass is 10.1. The van der Waals surface area contributed by atoms with Gasteiger partial charge in [-0.05, 0) is 48.7 Å². The molecular weight excluding hydrogens is 316 g/mol. The van der Waals surface area contributed by atoms with Crippen LogP contribution < -0.4 is 15.0 Å². The number of methoxy groups -OCH3 is 1. The molecule has 0 aromatic heterocycles. The molecule has 3 rings (SSSR count). The van der Waals surface area contributed by atoms with E-state index in [9.17, 15) is 9.59 Å². The van der Waals surface area contributed by atoms with Crippen LogP contribution in [0.25, 0.3) is 0 Å². The van der Waals surface area contributed by atoms with Gasteiger partial charge in [-0.15, -0.1) is 0 Å². The minimum absolute atomic E-state index is 0.122. The Morgan fingerprint density at radius 1 is 1.20 bits per heavy atom. The first-order valence-corrected chi connectivity index (χ1v) is 8.49. The van der Waals surface area contributed by atoms with Gasteiger partial charge in [-0.3, -0.25) is 9.59 Å². The molecule has 0 bridgehead atoms. The van der Waals surface area contributed by atoms with Crippen molar-refractivity contribution in [2.24, 2.45) is 0 Å². The Balaban J connectivity index is 1.56. The number of amides is 2. The van der Waals surface area contributed by atoms with E-state index in [0.29, 0.717) is 18.5 Å². The molecule has 2 amide bonds. The summed E-state index contributed by atoms with van der Waals surface area (Å²) < 4.78 is 5.13. The van der Waals surface area contributed by atoms with Crippen molar-refractivity contribution in [1.29, 1.82) is 0 Å². The Bertz CT molecular complexity index is 756. The molecule has 0 atom stereocenters. The zero-order valence-electron chi connectivity index (χ0n) is 14.3. The second-order valence-corrected chi connectivity index (χ2v) is 6.05. The normalized spacial score (nSPS) is 13.8. The number of ether oxygens (including phenoxy) is 1. The second-order valence-electron chi connectivity index (χ2n) is 6.05. The minimum atomic E-state index is -0.123. The molecule has 1 fully saturated rings. The molecule has 1 N–H and O–H groups in total. The predicted molar refractivity (Wildman–Crippen MR) is 97.1 cm³/mol. The van der Waals surface area contributed by atoms with Gasteiger partial charge in [0.1, 0.15) is 5.75 Å². The summed E-state index contributed by atoms with van der Waals surface area (Å²) in [5.74, 6) is 0.820. The van der Waals surface area contributed by atoms with E-state index in [0.717, 1.165) is 36.4 Å². The molecule has 0 aliphatic carbocycles. The van der Waals surface area contributed by atoms with Crippen molar-refractivity contribution in [2.75, 3.05) is 25.1 Å². The van der Waals surface area contributed by atoms with Gasteiger partial charge in [-0.25, -0.2) is 0 Å². The molecular formula is C20H22N2O3. The predicted octanol–water partition coefficient (Wildman–Crippen LogP) is 2.79. The van der Waals surface area contributed by atoms with Crippen LogP contribution in [0.1, 0.15) is 28.8 Å². The lowest BCUT2D eigenvalue weighted by Gasteiger charge is -2.16. The topological polar surface area (TPSA) is 58.6 Å². The fraction of sp³-hybridized carbons (Fsp3) is 0.300. The SMILES string of the molecule is COc1ccc(CCNC(=O)c2cccc(N3CCCC3=O)c2)cc1. The maximum atomic E-state index is 12.3. The van der Waals surface area contributed by atoms with E-state index in [1.165, 1.54) is 0 Å². The maximum Gasteiger partial charge on any atom is 0.251 e. The van der Waals surface area contributed by atoms with Crippen LogP contribution in [0.5, 0.6) is 5.75 Å². The summed E-state index contributed by atoms with van der Waals surface area (Å²) in [7, 11) is 1.64. The van der Waals surface area contributed by atoms with Crippen LogP contribution in [0.15, 0.2) is 48.5 Å². The Labute approximate surface area is 147 Å². The Morgan fingerprint density at radius 3 is 2.68 bits per heavy atom. The van der Waals surface area contributed by atoms with Crippen LogP contribution in [0, 0.1) is 0 Å². The fourth-order valence-electron chi connectivity index (χ4n) is 2.95. The summed E-state index contributed by atoms with van der Waals surface area (Å²) in [6.45, 7) is 1.28. The molecule has 0 radical (unpaired) electrons. The fourth-order valence-corrected chi connectivity index (χ4v) is 2.95. The van der Waals surface area contributed by atoms with Gasteiger partial charge >= 0.3 is 0 Å². The van der Waals surface area contributed by atoms with Crippen molar-refractivity contribution >= 4 is 17.5 Å². The summed E-state index contributed by atoms with van der Waals surface area (Å²) in [6.07, 6.45) is 2.20. The van der Waals surface area contributed by atoms with Gasteiger partial charge in [-0.1, -0.05) is 18.2 Å². The van der Waals surface area contributed by atoms with E-state index in [1.54, 1.807) is 24.1 Å². The third kappa shape index (κ3) is 4.18. The van der Waals surface area contributed by atoms with E-state index in [2.05, 4.69) is 5.32 Å². The van der Waals surface area contributed by atoms with Crippen LogP contribution in [0.4, 0.5) is 5.69 Å². The molecule has 1 heterocycles. The van der Waals surface area contributed by atoms with E-state index >= 15 is 0 Å². The lowest BCUT2D eigenvalue weighted by molar-refractivity contribution is -0.117. The van der Waals surface area contributed by atoms with Crippen molar-refractivity contribution in [3.63, 3.8) is 0 Å². The van der Waals surface area contributed by atoms with Crippen LogP contribution in [-0.4, -0.2) is 32.0 Å². The highest BCUT2D eigenvalue weighted by atomic mass is 16.5. The van der Waals surface area contributed by atoms with Crippen LogP contribution in [0.2, 0.25) is 0 Å². The molecule has 5 nitrogen and oxygen atoms in total. The largest absolute Gasteiger partial charge is 0.497 e. The third-order valence-electron chi connectivity index (χ3n) is 4.35. The highest BCUT2D eigenvalue weighted by molar-refractivity contribution is 5.99. The number of rotatable bonds is 6. The minimum Gasteiger partial charge on any atom is -0.497 e. The van der Waals surface area contributed by atoms with Gasteiger partial charge in [0.05, 0.1) is 7.11 Å². The first-order valence-electron chi connectivity index (χ1n) is 8.49. The maximum absolute atomic E-state index is 12.3. The second kappa shape index (κ2) is 7.83. The van der Waals surface area contributed by atoms with Crippen molar-refractivity contribution in [1.82, 2.24) is 5.32 Å². The van der Waals surface area contributed by atoms with E-state index in [4.69, 9.17) is 4.74 Å². The molecule has 5 heteroatoms. The van der Waals surface area contributed by atoms with Crippen molar-refractivity contribution in [2.45, 2.75) is 19.3 Å². The zero-order valence-corrected chi connectivity index (χ0v) is 14.3. The lowest BCUT2D eigenvalue weighted by Crippen LogP contribution is -2.27. The summed E-state index contributed by atoms with van der Waals surface area (Å²) in [4.78, 5) is 25.9. The number of carbonyl (C=O) groups excluding carboxylic acids is 2. The third-order valence-corrected chi connectivity index (χ3v) is 4.35.